The highest BCUT2D eigenvalue weighted by molar-refractivity contribution is 7.90. The van der Waals surface area contributed by atoms with Crippen molar-refractivity contribution in [3.63, 3.8) is 0 Å². The van der Waals surface area contributed by atoms with Crippen molar-refractivity contribution in [1.29, 1.82) is 0 Å². The second-order valence-corrected chi connectivity index (χ2v) is 11.1. The number of aliphatic carboxylic acids is 1. The molecule has 1 aromatic heterocycles. The van der Waals surface area contributed by atoms with Gasteiger partial charge < -0.3 is 15.6 Å². The van der Waals surface area contributed by atoms with Crippen molar-refractivity contribution in [2.45, 2.75) is 62.0 Å². The zero-order valence-electron chi connectivity index (χ0n) is 19.0. The first-order valence-electron chi connectivity index (χ1n) is 11.1. The van der Waals surface area contributed by atoms with Gasteiger partial charge in [-0.15, -0.1) is 0 Å². The number of halogens is 6. The Morgan fingerprint density at radius 1 is 1.11 bits per heavy atom. The minimum atomic E-state index is -5.08. The number of fused-ring (bicyclic) bond motifs is 1. The van der Waals surface area contributed by atoms with E-state index in [4.69, 9.17) is 20.4 Å². The molecule has 3 N–H and O–H groups in total. The van der Waals surface area contributed by atoms with Crippen molar-refractivity contribution in [1.82, 2.24) is 14.1 Å². The van der Waals surface area contributed by atoms with E-state index >= 15 is 0 Å². The molecule has 16 heteroatoms. The number of rotatable bonds is 4. The van der Waals surface area contributed by atoms with Gasteiger partial charge >= 0.3 is 12.1 Å². The minimum absolute atomic E-state index is 0.0766. The van der Waals surface area contributed by atoms with E-state index in [1.165, 1.54) is 0 Å². The van der Waals surface area contributed by atoms with Crippen LogP contribution >= 0.6 is 0 Å². The predicted octanol–water partition coefficient (Wildman–Crippen LogP) is 2.45. The van der Waals surface area contributed by atoms with Crippen LogP contribution in [0.15, 0.2) is 18.3 Å². The molecule has 2 aliphatic heterocycles. The highest BCUT2D eigenvalue weighted by atomic mass is 32.2. The number of ether oxygens (including phenoxy) is 1. The molecule has 3 aliphatic rings. The normalized spacial score (nSPS) is 24.4. The third-order valence-electron chi connectivity index (χ3n) is 6.30. The molecule has 0 radical (unpaired) electrons. The van der Waals surface area contributed by atoms with E-state index in [-0.39, 0.29) is 23.5 Å². The van der Waals surface area contributed by atoms with Crippen LogP contribution in [0.4, 0.5) is 26.3 Å². The van der Waals surface area contributed by atoms with Crippen molar-refractivity contribution < 1.29 is 49.4 Å². The number of alkyl halides is 3. The Hall–Kier alpha value is -2.69. The molecule has 5 rings (SSSR count). The summed E-state index contributed by atoms with van der Waals surface area (Å²) in [5.41, 5.74) is 7.66. The topological polar surface area (TPSA) is 128 Å². The number of carboxylic acids is 1. The Labute approximate surface area is 206 Å². The first-order chi connectivity index (χ1) is 17.2. The Morgan fingerprint density at radius 2 is 1.73 bits per heavy atom. The van der Waals surface area contributed by atoms with Gasteiger partial charge in [0, 0.05) is 48.6 Å². The van der Waals surface area contributed by atoms with Gasteiger partial charge in [0.2, 0.25) is 0 Å². The van der Waals surface area contributed by atoms with Gasteiger partial charge in [0.25, 0.3) is 10.0 Å². The van der Waals surface area contributed by atoms with Gasteiger partial charge in [0.05, 0.1) is 17.6 Å². The van der Waals surface area contributed by atoms with Crippen LogP contribution < -0.4 is 5.73 Å². The van der Waals surface area contributed by atoms with Gasteiger partial charge in [0.1, 0.15) is 11.9 Å². The maximum atomic E-state index is 14.1. The van der Waals surface area contributed by atoms with Crippen LogP contribution in [0, 0.1) is 17.5 Å². The molecule has 3 atom stereocenters. The molecule has 3 heterocycles. The molecular formula is C21H22F6N4O5S. The van der Waals surface area contributed by atoms with E-state index in [1.54, 1.807) is 6.20 Å². The van der Waals surface area contributed by atoms with Gasteiger partial charge in [-0.25, -0.2) is 26.4 Å². The maximum absolute atomic E-state index is 14.1. The number of carboxylic acid groups (broad SMARTS) is 1. The van der Waals surface area contributed by atoms with Gasteiger partial charge in [-0.05, 0) is 25.3 Å². The maximum Gasteiger partial charge on any atom is 0.490 e. The number of nitrogens with two attached hydrogens (primary N) is 1. The van der Waals surface area contributed by atoms with Gasteiger partial charge in [-0.2, -0.15) is 22.4 Å². The van der Waals surface area contributed by atoms with E-state index in [2.05, 4.69) is 10.00 Å². The predicted molar refractivity (Wildman–Crippen MR) is 114 cm³/mol. The first-order valence-corrected chi connectivity index (χ1v) is 12.6. The van der Waals surface area contributed by atoms with Crippen molar-refractivity contribution >= 4 is 16.0 Å². The number of hydrogen-bond donors (Lipinski definition) is 2. The fourth-order valence-corrected chi connectivity index (χ4v) is 5.76. The first kappa shape index (κ1) is 27.3. The van der Waals surface area contributed by atoms with Gasteiger partial charge in [0.15, 0.2) is 11.6 Å². The highest BCUT2D eigenvalue weighted by Gasteiger charge is 2.41. The summed E-state index contributed by atoms with van der Waals surface area (Å²) in [5.74, 6) is -6.05. The Morgan fingerprint density at radius 3 is 2.27 bits per heavy atom. The molecular weight excluding hydrogens is 534 g/mol. The third kappa shape index (κ3) is 5.76. The molecule has 204 valence electrons. The summed E-state index contributed by atoms with van der Waals surface area (Å²) in [6.07, 6.45) is -2.56. The molecule has 1 aromatic carbocycles. The monoisotopic (exact) mass is 556 g/mol. The highest BCUT2D eigenvalue weighted by Crippen LogP contribution is 2.35. The molecule has 0 unspecified atom stereocenters. The molecule has 1 aliphatic carbocycles. The number of hydrogen-bond acceptors (Lipinski definition) is 7. The van der Waals surface area contributed by atoms with Gasteiger partial charge in [-0.1, -0.05) is 0 Å². The minimum Gasteiger partial charge on any atom is -0.475 e. The molecule has 2 fully saturated rings. The van der Waals surface area contributed by atoms with Crippen LogP contribution in [-0.4, -0.2) is 63.7 Å². The Balaban J connectivity index is 0.000000405. The summed E-state index contributed by atoms with van der Waals surface area (Å²) in [6.45, 7) is 1.22. The average molecular weight is 556 g/mol. The molecule has 37 heavy (non-hydrogen) atoms. The van der Waals surface area contributed by atoms with Crippen molar-refractivity contribution in [3.05, 3.63) is 52.6 Å². The standard InChI is InChI=1S/C19H21F3N4O3S.C2HF3O2/c20-14-5-16(22)15(21)4-13(14)19-17(23)3-11(9-29-19)25-6-10-7-26(24-18(10)8-25)30(27,28)12-1-2-12;3-2(4,5)1(6)7/h4-5,7,11-12,17,19H,1-3,6,8-9,23H2;(H,6,7)/t11-,17+,19-;/m1./s1. The fraction of sp³-hybridized carbons (Fsp3) is 0.524. The van der Waals surface area contributed by atoms with E-state index in [1.807, 2.05) is 0 Å². The summed E-state index contributed by atoms with van der Waals surface area (Å²) in [4.78, 5) is 11.0. The van der Waals surface area contributed by atoms with Crippen LogP contribution in [-0.2, 0) is 32.6 Å². The Bertz CT molecular complexity index is 1270. The SMILES string of the molecule is N[C@H]1C[C@@H](N2Cc3cn(S(=O)(=O)C4CC4)nc3C2)CO[C@@H]1c1cc(F)c(F)cc1F.O=C(O)C(F)(F)F. The zero-order chi connectivity index (χ0) is 27.3. The van der Waals surface area contributed by atoms with E-state index in [0.717, 1.165) is 15.7 Å². The third-order valence-corrected chi connectivity index (χ3v) is 8.32. The molecule has 0 amide bonds. The van der Waals surface area contributed by atoms with Crippen LogP contribution in [0.2, 0.25) is 0 Å². The molecule has 1 saturated heterocycles. The number of aromatic nitrogens is 2. The number of carbonyl (C=O) groups is 1. The smallest absolute Gasteiger partial charge is 0.475 e. The average Bonchev–Trinajstić information content (AvgIpc) is 3.47. The second-order valence-electron chi connectivity index (χ2n) is 9.02. The van der Waals surface area contributed by atoms with Gasteiger partial charge in [-0.3, -0.25) is 4.90 Å². The van der Waals surface area contributed by atoms with E-state index in [9.17, 15) is 34.8 Å². The van der Waals surface area contributed by atoms with Crippen molar-refractivity contribution in [2.75, 3.05) is 6.61 Å². The fourth-order valence-electron chi connectivity index (χ4n) is 4.23. The summed E-state index contributed by atoms with van der Waals surface area (Å²) in [7, 11) is -3.39. The number of benzene rings is 1. The Kier molecular flexibility index (Phi) is 7.31. The number of nitrogens with zero attached hydrogens (tertiary/aromatic N) is 3. The van der Waals surface area contributed by atoms with Crippen LogP contribution in [0.3, 0.4) is 0 Å². The summed E-state index contributed by atoms with van der Waals surface area (Å²) in [6, 6.07) is 0.614. The molecule has 2 aromatic rings. The van der Waals surface area contributed by atoms with Crippen LogP contribution in [0.25, 0.3) is 0 Å². The van der Waals surface area contributed by atoms with E-state index < -0.39 is 51.8 Å². The molecule has 9 nitrogen and oxygen atoms in total. The lowest BCUT2D eigenvalue weighted by molar-refractivity contribution is -0.192. The van der Waals surface area contributed by atoms with Crippen molar-refractivity contribution in [2.24, 2.45) is 5.73 Å². The molecule has 1 saturated carbocycles. The van der Waals surface area contributed by atoms with Crippen LogP contribution in [0.5, 0.6) is 0 Å². The largest absolute Gasteiger partial charge is 0.490 e. The lowest BCUT2D eigenvalue weighted by atomic mass is 9.93. The van der Waals surface area contributed by atoms with Crippen LogP contribution in [0.1, 0.15) is 42.2 Å². The second kappa shape index (κ2) is 9.89. The summed E-state index contributed by atoms with van der Waals surface area (Å²) in [5, 5.41) is 11.1. The quantitative estimate of drug-likeness (QED) is 0.435. The molecule has 0 bridgehead atoms. The molecule has 0 spiro atoms. The van der Waals surface area contributed by atoms with E-state index in [0.29, 0.717) is 44.1 Å². The summed E-state index contributed by atoms with van der Waals surface area (Å²) < 4.78 is 104. The van der Waals surface area contributed by atoms with Crippen molar-refractivity contribution in [3.8, 4) is 0 Å². The lowest BCUT2D eigenvalue weighted by Crippen LogP contribution is -2.47. The zero-order valence-corrected chi connectivity index (χ0v) is 19.8. The lowest BCUT2D eigenvalue weighted by Gasteiger charge is -2.38. The summed E-state index contributed by atoms with van der Waals surface area (Å²) >= 11 is 0.